The Kier molecular flexibility index (Phi) is 7.04. The van der Waals surface area contributed by atoms with E-state index < -0.39 is 6.17 Å². The summed E-state index contributed by atoms with van der Waals surface area (Å²) in [6.07, 6.45) is 3.12. The highest BCUT2D eigenvalue weighted by Crippen LogP contribution is 2.39. The first-order valence-electron chi connectivity index (χ1n) is 11.1. The molecule has 0 amide bonds. The normalized spacial score (nSPS) is 13.3. The second-order valence-corrected chi connectivity index (χ2v) is 8.68. The summed E-state index contributed by atoms with van der Waals surface area (Å²) in [5.41, 5.74) is 4.06. The van der Waals surface area contributed by atoms with Gasteiger partial charge in [0.15, 0.2) is 0 Å². The zero-order valence-electron chi connectivity index (χ0n) is 17.9. The molecule has 158 valence electrons. The molecule has 0 heterocycles. The molecule has 0 saturated heterocycles. The molecule has 0 spiro atoms. The van der Waals surface area contributed by atoms with Crippen molar-refractivity contribution in [2.75, 3.05) is 0 Å². The molecule has 0 radical (unpaired) electrons. The summed E-state index contributed by atoms with van der Waals surface area (Å²) in [6, 6.07) is 30.3. The number of unbranched alkanes of at least 4 members (excludes halogenated alkanes) is 2. The van der Waals surface area contributed by atoms with E-state index in [0.717, 1.165) is 63.7 Å². The van der Waals surface area contributed by atoms with E-state index >= 15 is 4.39 Å². The summed E-state index contributed by atoms with van der Waals surface area (Å²) in [4.78, 5) is 0. The molecule has 2 heteroatoms. The van der Waals surface area contributed by atoms with Gasteiger partial charge < -0.3 is 0 Å². The maximum Gasteiger partial charge on any atom is 0.132 e. The van der Waals surface area contributed by atoms with Crippen molar-refractivity contribution in [1.82, 2.24) is 0 Å². The molecule has 4 aromatic rings. The van der Waals surface area contributed by atoms with E-state index in [0.29, 0.717) is 0 Å². The summed E-state index contributed by atoms with van der Waals surface area (Å²) >= 11 is 6.01. The molecule has 0 aliphatic carbocycles. The SMILES string of the molecule is CCCCCC(c1ccc(-c2ccc(Cl)cc2)cc1)C(F)c1ccc2ccccc2c1. The predicted octanol–water partition coefficient (Wildman–Crippen LogP) is 9.53. The average Bonchev–Trinajstić information content (AvgIpc) is 2.82. The molecule has 0 aliphatic rings. The van der Waals surface area contributed by atoms with Gasteiger partial charge >= 0.3 is 0 Å². The molecule has 0 saturated carbocycles. The van der Waals surface area contributed by atoms with Crippen molar-refractivity contribution in [1.29, 1.82) is 0 Å². The van der Waals surface area contributed by atoms with Crippen LogP contribution in [0.5, 0.6) is 0 Å². The Morgan fingerprint density at radius 1 is 0.710 bits per heavy atom. The molecule has 4 rings (SSSR count). The first kappa shape index (κ1) is 21.6. The third-order valence-electron chi connectivity index (χ3n) is 6.08. The maximum absolute atomic E-state index is 15.9. The van der Waals surface area contributed by atoms with E-state index in [2.05, 4.69) is 43.3 Å². The fraction of sp³-hybridized carbons (Fsp3) is 0.241. The molecule has 0 nitrogen and oxygen atoms in total. The van der Waals surface area contributed by atoms with Crippen LogP contribution in [-0.4, -0.2) is 0 Å². The highest BCUT2D eigenvalue weighted by molar-refractivity contribution is 6.30. The van der Waals surface area contributed by atoms with E-state index in [1.807, 2.05) is 54.6 Å². The van der Waals surface area contributed by atoms with E-state index in [4.69, 9.17) is 11.6 Å². The smallest absolute Gasteiger partial charge is 0.132 e. The fourth-order valence-electron chi connectivity index (χ4n) is 4.27. The standard InChI is InChI=1S/C29H28ClF/c1-2-3-4-9-28(29(31)26-15-12-21-7-5-6-8-25(21)20-26)24-13-10-22(11-14-24)23-16-18-27(30)19-17-23/h5-8,10-20,28-29H,2-4,9H2,1H3. The summed E-state index contributed by atoms with van der Waals surface area (Å²) in [5, 5.41) is 2.97. The van der Waals surface area contributed by atoms with Crippen molar-refractivity contribution >= 4 is 22.4 Å². The molecule has 2 atom stereocenters. The average molecular weight is 431 g/mol. The number of halogens is 2. The van der Waals surface area contributed by atoms with E-state index in [1.54, 1.807) is 0 Å². The highest BCUT2D eigenvalue weighted by atomic mass is 35.5. The Balaban J connectivity index is 1.62. The van der Waals surface area contributed by atoms with Gasteiger partial charge in [0.05, 0.1) is 0 Å². The van der Waals surface area contributed by atoms with Gasteiger partial charge in [-0.3, -0.25) is 0 Å². The number of benzene rings is 4. The molecule has 4 aromatic carbocycles. The van der Waals surface area contributed by atoms with Crippen LogP contribution in [0.15, 0.2) is 91.0 Å². The second kappa shape index (κ2) is 10.1. The molecule has 31 heavy (non-hydrogen) atoms. The van der Waals surface area contributed by atoms with E-state index in [1.165, 1.54) is 0 Å². The number of alkyl halides is 1. The van der Waals surface area contributed by atoms with Gasteiger partial charge in [-0.1, -0.05) is 111 Å². The molecule has 0 aromatic heterocycles. The van der Waals surface area contributed by atoms with Gasteiger partial charge in [-0.25, -0.2) is 4.39 Å². The van der Waals surface area contributed by atoms with Crippen molar-refractivity contribution in [3.8, 4) is 11.1 Å². The highest BCUT2D eigenvalue weighted by Gasteiger charge is 2.24. The lowest BCUT2D eigenvalue weighted by Gasteiger charge is -2.23. The fourth-order valence-corrected chi connectivity index (χ4v) is 4.40. The van der Waals surface area contributed by atoms with Crippen LogP contribution in [0.1, 0.15) is 55.8 Å². The van der Waals surface area contributed by atoms with Gasteiger partial charge in [-0.05, 0) is 57.6 Å². The van der Waals surface area contributed by atoms with Gasteiger partial charge in [-0.15, -0.1) is 0 Å². The summed E-state index contributed by atoms with van der Waals surface area (Å²) < 4.78 is 15.9. The van der Waals surface area contributed by atoms with Gasteiger partial charge in [-0.2, -0.15) is 0 Å². The summed E-state index contributed by atoms with van der Waals surface area (Å²) in [7, 11) is 0. The molecular formula is C29H28ClF. The zero-order chi connectivity index (χ0) is 21.6. The Bertz CT molecular complexity index is 1120. The summed E-state index contributed by atoms with van der Waals surface area (Å²) in [5.74, 6) is -0.146. The molecule has 0 aliphatic heterocycles. The quantitative estimate of drug-likeness (QED) is 0.244. The van der Waals surface area contributed by atoms with Crippen LogP contribution in [0, 0.1) is 0 Å². The maximum atomic E-state index is 15.9. The van der Waals surface area contributed by atoms with Crippen molar-refractivity contribution in [2.45, 2.75) is 44.7 Å². The largest absolute Gasteiger partial charge is 0.242 e. The van der Waals surface area contributed by atoms with Crippen LogP contribution in [-0.2, 0) is 0 Å². The van der Waals surface area contributed by atoms with Crippen LogP contribution in [0.25, 0.3) is 21.9 Å². The minimum atomic E-state index is -1.03. The Hall–Kier alpha value is -2.64. The van der Waals surface area contributed by atoms with Crippen molar-refractivity contribution in [3.63, 3.8) is 0 Å². The minimum absolute atomic E-state index is 0.146. The van der Waals surface area contributed by atoms with E-state index in [9.17, 15) is 0 Å². The lowest BCUT2D eigenvalue weighted by molar-refractivity contribution is 0.273. The van der Waals surface area contributed by atoms with Crippen LogP contribution in [0.3, 0.4) is 0 Å². The molecular weight excluding hydrogens is 403 g/mol. The molecule has 2 unspecified atom stereocenters. The van der Waals surface area contributed by atoms with Crippen LogP contribution in [0.4, 0.5) is 4.39 Å². The van der Waals surface area contributed by atoms with Crippen molar-refractivity contribution in [3.05, 3.63) is 107 Å². The van der Waals surface area contributed by atoms with Crippen molar-refractivity contribution < 1.29 is 4.39 Å². The predicted molar refractivity (Wildman–Crippen MR) is 132 cm³/mol. The van der Waals surface area contributed by atoms with Gasteiger partial charge in [0.1, 0.15) is 6.17 Å². The molecule has 0 fully saturated rings. The molecule has 0 bridgehead atoms. The topological polar surface area (TPSA) is 0 Å². The number of hydrogen-bond donors (Lipinski definition) is 0. The minimum Gasteiger partial charge on any atom is -0.242 e. The Labute approximate surface area is 189 Å². The van der Waals surface area contributed by atoms with Gasteiger partial charge in [0.25, 0.3) is 0 Å². The zero-order valence-corrected chi connectivity index (χ0v) is 18.7. The van der Waals surface area contributed by atoms with Crippen LogP contribution in [0.2, 0.25) is 5.02 Å². The monoisotopic (exact) mass is 430 g/mol. The Morgan fingerprint density at radius 2 is 1.32 bits per heavy atom. The van der Waals surface area contributed by atoms with E-state index in [-0.39, 0.29) is 5.92 Å². The second-order valence-electron chi connectivity index (χ2n) is 8.24. The lowest BCUT2D eigenvalue weighted by Crippen LogP contribution is -2.08. The first-order valence-corrected chi connectivity index (χ1v) is 11.5. The first-order chi connectivity index (χ1) is 15.2. The van der Waals surface area contributed by atoms with Crippen molar-refractivity contribution in [2.24, 2.45) is 0 Å². The third kappa shape index (κ3) is 5.17. The summed E-state index contributed by atoms with van der Waals surface area (Å²) in [6.45, 7) is 2.19. The number of rotatable bonds is 8. The van der Waals surface area contributed by atoms with Gasteiger partial charge in [0.2, 0.25) is 0 Å². The lowest BCUT2D eigenvalue weighted by atomic mass is 9.85. The molecule has 0 N–H and O–H groups in total. The Morgan fingerprint density at radius 3 is 2.00 bits per heavy atom. The van der Waals surface area contributed by atoms with Crippen LogP contribution >= 0.6 is 11.6 Å². The van der Waals surface area contributed by atoms with Gasteiger partial charge in [0, 0.05) is 10.9 Å². The number of fused-ring (bicyclic) bond motifs is 1. The number of hydrogen-bond acceptors (Lipinski definition) is 0. The van der Waals surface area contributed by atoms with Crippen LogP contribution < -0.4 is 0 Å². The third-order valence-corrected chi connectivity index (χ3v) is 6.33.